The Labute approximate surface area is 671 Å². The predicted molar refractivity (Wildman–Crippen MR) is 481 cm³/mol. The first-order valence-electron chi connectivity index (χ1n) is 38.9. The highest BCUT2D eigenvalue weighted by Crippen LogP contribution is 2.51. The average molecular weight is 1510 g/mol. The van der Waals surface area contributed by atoms with Crippen molar-refractivity contribution in [3.63, 3.8) is 0 Å². The summed E-state index contributed by atoms with van der Waals surface area (Å²) >= 11 is 3.72. The summed E-state index contributed by atoms with van der Waals surface area (Å²) in [6, 6.07) is 134. The van der Waals surface area contributed by atoms with Crippen LogP contribution in [0.4, 0.5) is 0 Å². The zero-order chi connectivity index (χ0) is 76.2. The molecule has 6 aromatic heterocycles. The second-order valence-corrected chi connectivity index (χ2v) is 32.2. The van der Waals surface area contributed by atoms with Crippen LogP contribution in [0, 0.1) is 0 Å². The van der Waals surface area contributed by atoms with Crippen LogP contribution >= 0.6 is 22.7 Å². The third kappa shape index (κ3) is 11.5. The summed E-state index contributed by atoms with van der Waals surface area (Å²) in [5, 5.41) is 9.98. The molecule has 22 aromatic rings. The molecule has 0 amide bonds. The van der Waals surface area contributed by atoms with Crippen LogP contribution in [-0.4, -0.2) is 39.0 Å². The van der Waals surface area contributed by atoms with E-state index >= 15 is 0 Å². The van der Waals surface area contributed by atoms with E-state index in [9.17, 15) is 0 Å². The van der Waals surface area contributed by atoms with Crippen molar-refractivity contribution in [3.8, 4) is 124 Å². The average Bonchev–Trinajstić information content (AvgIpc) is 1.57. The van der Waals surface area contributed by atoms with Gasteiger partial charge in [-0.05, 0) is 128 Å². The summed E-state index contributed by atoms with van der Waals surface area (Å²) in [5.41, 5.74) is 24.6. The molecule has 8 nitrogen and oxygen atoms in total. The Kier molecular flexibility index (Phi) is 16.1. The molecule has 0 N–H and O–H groups in total. The van der Waals surface area contributed by atoms with Gasteiger partial charge < -0.3 is 9.13 Å². The Morgan fingerprint density at radius 3 is 1.15 bits per heavy atom. The van der Waals surface area contributed by atoms with Gasteiger partial charge in [-0.15, -0.1) is 22.7 Å². The summed E-state index contributed by atoms with van der Waals surface area (Å²) in [7, 11) is 0. The van der Waals surface area contributed by atoms with Crippen LogP contribution in [0.15, 0.2) is 376 Å². The lowest BCUT2D eigenvalue weighted by Crippen LogP contribution is -2.15. The highest BCUT2D eigenvalue weighted by Gasteiger charge is 2.36. The highest BCUT2D eigenvalue weighted by molar-refractivity contribution is 7.26. The summed E-state index contributed by atoms with van der Waals surface area (Å²) < 4.78 is 9.90. The third-order valence-corrected chi connectivity index (χ3v) is 25.3. The Balaban J connectivity index is 0.000000140. The molecule has 23 rings (SSSR count). The van der Waals surface area contributed by atoms with Gasteiger partial charge in [0.05, 0.1) is 33.4 Å². The summed E-state index contributed by atoms with van der Waals surface area (Å²) in [4.78, 5) is 31.2. The van der Waals surface area contributed by atoms with Gasteiger partial charge in [0, 0.05) is 101 Å². The van der Waals surface area contributed by atoms with Crippen molar-refractivity contribution >= 4 is 107 Å². The number of hydrogen-bond acceptors (Lipinski definition) is 8. The van der Waals surface area contributed by atoms with Crippen LogP contribution in [0.5, 0.6) is 0 Å². The van der Waals surface area contributed by atoms with Crippen LogP contribution in [0.2, 0.25) is 0 Å². The van der Waals surface area contributed by atoms with Crippen molar-refractivity contribution in [2.24, 2.45) is 0 Å². The van der Waals surface area contributed by atoms with Crippen molar-refractivity contribution < 1.29 is 0 Å². The largest absolute Gasteiger partial charge is 0.308 e. The number of fused-ring (bicyclic) bond motifs is 15. The first-order chi connectivity index (χ1) is 56.8. The zero-order valence-corrected chi connectivity index (χ0v) is 64.3. The molecule has 0 radical (unpaired) electrons. The molecule has 0 saturated carbocycles. The van der Waals surface area contributed by atoms with E-state index in [1.165, 1.54) is 112 Å². The molecule has 10 heteroatoms. The van der Waals surface area contributed by atoms with E-state index in [1.54, 1.807) is 0 Å². The first kappa shape index (κ1) is 67.5. The van der Waals surface area contributed by atoms with E-state index in [2.05, 4.69) is 357 Å². The first-order valence-corrected chi connectivity index (χ1v) is 40.5. The molecule has 0 fully saturated rings. The molecule has 0 saturated heterocycles. The van der Waals surface area contributed by atoms with E-state index in [1.807, 2.05) is 65.1 Å². The van der Waals surface area contributed by atoms with E-state index < -0.39 is 0 Å². The van der Waals surface area contributed by atoms with Crippen LogP contribution in [0.3, 0.4) is 0 Å². The molecule has 0 bridgehead atoms. The van der Waals surface area contributed by atoms with E-state index in [0.717, 1.165) is 72.4 Å². The van der Waals surface area contributed by atoms with E-state index in [4.69, 9.17) is 29.9 Å². The SMILES string of the molecule is CC1(C)c2ccccc2-c2ccc(-c3nc(-c4ccccc4)nc(-c4ccccc4-n4c5ccccc5c5cc6c(cc54)sc4c(-c5ccccc5)cccc46)n3)cc21.c1ccc(-c2ccc(-c3nc(-c4ccccc4)nc(-c4ccccc4-n4c5ccccc5c5cc6c(cc54)sc4cc(-c5ccccc5)ccc46)n3)cc2)cc1. The molecule has 0 unspecified atom stereocenters. The number of hydrogen-bond donors (Lipinski definition) is 0. The number of thiophene rings is 2. The normalized spacial score (nSPS) is 12.3. The summed E-state index contributed by atoms with van der Waals surface area (Å²) in [6.45, 7) is 4.62. The van der Waals surface area contributed by atoms with Gasteiger partial charge in [-0.2, -0.15) is 0 Å². The molecule has 1 aliphatic carbocycles. The lowest BCUT2D eigenvalue weighted by molar-refractivity contribution is 0.660. The second-order valence-electron chi connectivity index (χ2n) is 30.0. The molecule has 6 heterocycles. The van der Waals surface area contributed by atoms with Crippen molar-refractivity contribution in [3.05, 3.63) is 387 Å². The number of rotatable bonds is 11. The fraction of sp³-hybridized carbons (Fsp3) is 0.0286. The highest BCUT2D eigenvalue weighted by atomic mass is 32.1. The smallest absolute Gasteiger partial charge is 0.166 e. The van der Waals surface area contributed by atoms with Crippen LogP contribution in [0.1, 0.15) is 25.0 Å². The fourth-order valence-corrected chi connectivity index (χ4v) is 19.8. The molecular formula is C105H68N8S2. The molecule has 0 atom stereocenters. The molecule has 0 aliphatic heterocycles. The number of para-hydroxylation sites is 4. The van der Waals surface area contributed by atoms with Crippen LogP contribution in [0.25, 0.3) is 208 Å². The molecular weight excluding hydrogens is 1440 g/mol. The Morgan fingerprint density at radius 2 is 0.583 bits per heavy atom. The minimum Gasteiger partial charge on any atom is -0.308 e. The van der Waals surface area contributed by atoms with Crippen molar-refractivity contribution in [1.29, 1.82) is 0 Å². The van der Waals surface area contributed by atoms with Gasteiger partial charge in [-0.25, -0.2) is 29.9 Å². The summed E-state index contributed by atoms with van der Waals surface area (Å²) in [6.07, 6.45) is 0. The predicted octanol–water partition coefficient (Wildman–Crippen LogP) is 28.0. The second kappa shape index (κ2) is 27.5. The number of benzene rings is 16. The monoisotopic (exact) mass is 1500 g/mol. The van der Waals surface area contributed by atoms with Gasteiger partial charge in [-0.1, -0.05) is 317 Å². The van der Waals surface area contributed by atoms with Gasteiger partial charge in [-0.3, -0.25) is 0 Å². The standard InChI is InChI=1S/C54H36N4S.C51H32N4S/c1-54(2)44-25-12-9-20-37(44)38-29-28-35(30-45(38)54)52-55-51(34-18-7-4-8-19-34)56-53(57-52)41-22-11-14-27-47(41)58-46-26-13-10-21-39(46)42-31-43-40-24-15-23-36(33-16-5-3-6-17-33)50(40)59-49(43)32-48(42)58;1-4-14-33(15-5-1)35-24-26-37(27-25-35)50-52-49(36-18-8-3-9-19-36)53-51(54-50)41-21-11-13-23-45(41)55-44-22-12-10-20-39(44)42-31-43-40-29-28-38(34-16-6-2-7-17-34)30-47(40)56-48(43)32-46(42)55/h3-32H,1-2H3;1-32H. The molecule has 115 heavy (non-hydrogen) atoms. The Morgan fingerprint density at radius 1 is 0.209 bits per heavy atom. The maximum atomic E-state index is 5.34. The minimum absolute atomic E-state index is 0.147. The van der Waals surface area contributed by atoms with Crippen molar-refractivity contribution in [1.82, 2.24) is 39.0 Å². The van der Waals surface area contributed by atoms with E-state index in [0.29, 0.717) is 34.9 Å². The number of nitrogens with zero attached hydrogens (tertiary/aromatic N) is 8. The Hall–Kier alpha value is -14.4. The summed E-state index contributed by atoms with van der Waals surface area (Å²) in [5.74, 6) is 3.82. The maximum Gasteiger partial charge on any atom is 0.166 e. The molecule has 1 aliphatic rings. The van der Waals surface area contributed by atoms with Crippen molar-refractivity contribution in [2.45, 2.75) is 19.3 Å². The van der Waals surface area contributed by atoms with Gasteiger partial charge in [0.15, 0.2) is 34.9 Å². The van der Waals surface area contributed by atoms with Gasteiger partial charge >= 0.3 is 0 Å². The van der Waals surface area contributed by atoms with E-state index in [-0.39, 0.29) is 5.41 Å². The Bertz CT molecular complexity index is 7600. The van der Waals surface area contributed by atoms with Gasteiger partial charge in [0.2, 0.25) is 0 Å². The zero-order valence-electron chi connectivity index (χ0n) is 62.7. The van der Waals surface area contributed by atoms with Crippen LogP contribution < -0.4 is 0 Å². The van der Waals surface area contributed by atoms with Crippen molar-refractivity contribution in [2.75, 3.05) is 0 Å². The third-order valence-electron chi connectivity index (χ3n) is 22.9. The topological polar surface area (TPSA) is 87.2 Å². The maximum absolute atomic E-state index is 5.34. The van der Waals surface area contributed by atoms with Gasteiger partial charge in [0.1, 0.15) is 0 Å². The lowest BCUT2D eigenvalue weighted by Gasteiger charge is -2.21. The van der Waals surface area contributed by atoms with Crippen LogP contribution in [-0.2, 0) is 5.41 Å². The quantitative estimate of drug-likeness (QED) is 0.128. The molecule has 0 spiro atoms. The minimum atomic E-state index is -0.147. The molecule has 540 valence electrons. The molecule has 16 aromatic carbocycles. The number of aromatic nitrogens is 8. The fourth-order valence-electron chi connectivity index (χ4n) is 17.4. The van der Waals surface area contributed by atoms with Gasteiger partial charge in [0.25, 0.3) is 0 Å². The lowest BCUT2D eigenvalue weighted by atomic mass is 9.82.